The summed E-state index contributed by atoms with van der Waals surface area (Å²) in [5.74, 6) is -0.406. The van der Waals surface area contributed by atoms with Gasteiger partial charge in [0.05, 0.1) is 5.41 Å². The van der Waals surface area contributed by atoms with E-state index in [0.717, 1.165) is 18.4 Å². The van der Waals surface area contributed by atoms with Gasteiger partial charge in [0.1, 0.15) is 5.60 Å². The summed E-state index contributed by atoms with van der Waals surface area (Å²) in [5, 5.41) is 16.4. The number of nitrogens with one attached hydrogen (secondary N) is 1. The zero-order valence-corrected chi connectivity index (χ0v) is 14.7. The Labute approximate surface area is 141 Å². The third kappa shape index (κ3) is 5.53. The van der Waals surface area contributed by atoms with Crippen LogP contribution >= 0.6 is 11.3 Å². The number of aliphatic carboxylic acids is 1. The Hall–Kier alpha value is -1.56. The molecule has 1 aliphatic rings. The van der Waals surface area contributed by atoms with Crippen molar-refractivity contribution in [1.82, 2.24) is 5.32 Å². The standard InChI is InChI=1S/C17H25NO4S/c1-16(2,3)22-15(21)18-11-17(14(19)20,8-12-4-5-12)9-13-6-7-23-10-13/h6-7,10,12H,4-5,8-9,11H2,1-3H3,(H,18,21)(H,19,20). The molecule has 5 nitrogen and oxygen atoms in total. The number of hydrogen-bond acceptors (Lipinski definition) is 4. The van der Waals surface area contributed by atoms with E-state index >= 15 is 0 Å². The van der Waals surface area contributed by atoms with Gasteiger partial charge < -0.3 is 15.2 Å². The normalized spacial score (nSPS) is 17.3. The number of rotatable bonds is 7. The topological polar surface area (TPSA) is 75.6 Å². The van der Waals surface area contributed by atoms with Gasteiger partial charge in [-0.3, -0.25) is 4.79 Å². The minimum atomic E-state index is -0.973. The van der Waals surface area contributed by atoms with E-state index in [0.29, 0.717) is 18.8 Å². The predicted molar refractivity (Wildman–Crippen MR) is 89.7 cm³/mol. The second kappa shape index (κ2) is 6.91. The van der Waals surface area contributed by atoms with E-state index in [-0.39, 0.29) is 6.54 Å². The van der Waals surface area contributed by atoms with Gasteiger partial charge in [0.25, 0.3) is 0 Å². The van der Waals surface area contributed by atoms with Crippen LogP contribution < -0.4 is 5.32 Å². The SMILES string of the molecule is CC(C)(C)OC(=O)NCC(Cc1ccsc1)(CC1CC1)C(=O)O. The minimum absolute atomic E-state index is 0.0869. The van der Waals surface area contributed by atoms with E-state index in [1.807, 2.05) is 16.8 Å². The Morgan fingerprint density at radius 2 is 2.09 bits per heavy atom. The van der Waals surface area contributed by atoms with Crippen molar-refractivity contribution in [2.75, 3.05) is 6.54 Å². The molecule has 1 aromatic rings. The van der Waals surface area contributed by atoms with Crippen LogP contribution in [0.5, 0.6) is 0 Å². The van der Waals surface area contributed by atoms with Gasteiger partial charge in [0.2, 0.25) is 0 Å². The third-order valence-electron chi connectivity index (χ3n) is 3.92. The average molecular weight is 339 g/mol. The highest BCUT2D eigenvalue weighted by Gasteiger charge is 2.43. The molecule has 2 N–H and O–H groups in total. The maximum Gasteiger partial charge on any atom is 0.407 e. The van der Waals surface area contributed by atoms with Crippen molar-refractivity contribution in [3.8, 4) is 0 Å². The molecular weight excluding hydrogens is 314 g/mol. The van der Waals surface area contributed by atoms with Crippen LogP contribution in [0, 0.1) is 11.3 Å². The van der Waals surface area contributed by atoms with Crippen molar-refractivity contribution in [3.05, 3.63) is 22.4 Å². The van der Waals surface area contributed by atoms with E-state index in [2.05, 4.69) is 5.32 Å². The fraction of sp³-hybridized carbons (Fsp3) is 0.647. The van der Waals surface area contributed by atoms with Crippen molar-refractivity contribution < 1.29 is 19.4 Å². The maximum absolute atomic E-state index is 12.0. The molecule has 1 atom stereocenters. The molecule has 128 valence electrons. The van der Waals surface area contributed by atoms with Crippen LogP contribution in [-0.4, -0.2) is 29.3 Å². The Bertz CT molecular complexity index is 545. The predicted octanol–water partition coefficient (Wildman–Crippen LogP) is 3.69. The first kappa shape index (κ1) is 17.8. The number of carboxylic acids is 1. The average Bonchev–Trinajstić information content (AvgIpc) is 3.07. The second-order valence-corrected chi connectivity index (χ2v) is 8.18. The van der Waals surface area contributed by atoms with Crippen molar-refractivity contribution in [2.45, 2.75) is 52.1 Å². The monoisotopic (exact) mass is 339 g/mol. The van der Waals surface area contributed by atoms with Crippen LogP contribution in [0.4, 0.5) is 4.79 Å². The first-order chi connectivity index (χ1) is 10.7. The van der Waals surface area contributed by atoms with Gasteiger partial charge in [-0.05, 0) is 61.9 Å². The van der Waals surface area contributed by atoms with E-state index < -0.39 is 23.1 Å². The lowest BCUT2D eigenvalue weighted by Gasteiger charge is -2.30. The number of carbonyl (C=O) groups excluding carboxylic acids is 1. The maximum atomic E-state index is 12.0. The van der Waals surface area contributed by atoms with E-state index in [9.17, 15) is 14.7 Å². The van der Waals surface area contributed by atoms with Gasteiger partial charge in [-0.15, -0.1) is 0 Å². The van der Waals surface area contributed by atoms with Gasteiger partial charge in [-0.2, -0.15) is 11.3 Å². The minimum Gasteiger partial charge on any atom is -0.481 e. The fourth-order valence-electron chi connectivity index (χ4n) is 2.66. The molecule has 1 saturated carbocycles. The highest BCUT2D eigenvalue weighted by atomic mass is 32.1. The highest BCUT2D eigenvalue weighted by Crippen LogP contribution is 2.42. The highest BCUT2D eigenvalue weighted by molar-refractivity contribution is 7.07. The smallest absolute Gasteiger partial charge is 0.407 e. The second-order valence-electron chi connectivity index (χ2n) is 7.40. The molecule has 0 aromatic carbocycles. The molecule has 2 rings (SSSR count). The Morgan fingerprint density at radius 3 is 2.57 bits per heavy atom. The van der Waals surface area contributed by atoms with Gasteiger partial charge in [0, 0.05) is 6.54 Å². The first-order valence-corrected chi connectivity index (χ1v) is 8.86. The number of alkyl carbamates (subject to hydrolysis) is 1. The summed E-state index contributed by atoms with van der Waals surface area (Å²) in [6, 6.07) is 1.95. The van der Waals surface area contributed by atoms with Crippen LogP contribution in [0.2, 0.25) is 0 Å². The molecule has 0 spiro atoms. The molecule has 1 amide bonds. The number of carbonyl (C=O) groups is 2. The molecule has 0 radical (unpaired) electrons. The molecule has 0 aliphatic heterocycles. The number of hydrogen-bond donors (Lipinski definition) is 2. The van der Waals surface area contributed by atoms with Crippen LogP contribution in [0.25, 0.3) is 0 Å². The van der Waals surface area contributed by atoms with Crippen molar-refractivity contribution in [2.24, 2.45) is 11.3 Å². The van der Waals surface area contributed by atoms with E-state index in [4.69, 9.17) is 4.74 Å². The quantitative estimate of drug-likeness (QED) is 0.794. The molecule has 1 aliphatic carbocycles. The lowest BCUT2D eigenvalue weighted by atomic mass is 9.77. The Kier molecular flexibility index (Phi) is 5.34. The molecule has 6 heteroatoms. The summed E-state index contributed by atoms with van der Waals surface area (Å²) < 4.78 is 5.23. The fourth-order valence-corrected chi connectivity index (χ4v) is 3.33. The van der Waals surface area contributed by atoms with Gasteiger partial charge >= 0.3 is 12.1 Å². The van der Waals surface area contributed by atoms with Gasteiger partial charge in [0.15, 0.2) is 0 Å². The van der Waals surface area contributed by atoms with Crippen molar-refractivity contribution in [3.63, 3.8) is 0 Å². The third-order valence-corrected chi connectivity index (χ3v) is 4.65. The van der Waals surface area contributed by atoms with Gasteiger partial charge in [-0.25, -0.2) is 4.79 Å². The summed E-state index contributed by atoms with van der Waals surface area (Å²) >= 11 is 1.55. The zero-order valence-electron chi connectivity index (χ0n) is 13.9. The van der Waals surface area contributed by atoms with Crippen LogP contribution in [0.3, 0.4) is 0 Å². The first-order valence-electron chi connectivity index (χ1n) is 7.91. The Morgan fingerprint density at radius 1 is 1.39 bits per heavy atom. The summed E-state index contributed by atoms with van der Waals surface area (Å²) in [6.45, 7) is 5.44. The molecular formula is C17H25NO4S. The zero-order chi connectivity index (χ0) is 17.1. The lowest BCUT2D eigenvalue weighted by molar-refractivity contribution is -0.149. The Balaban J connectivity index is 2.08. The molecule has 0 bridgehead atoms. The molecule has 1 heterocycles. The molecule has 1 fully saturated rings. The summed E-state index contributed by atoms with van der Waals surface area (Å²) in [4.78, 5) is 23.9. The summed E-state index contributed by atoms with van der Waals surface area (Å²) in [5.41, 5.74) is -0.567. The van der Waals surface area contributed by atoms with E-state index in [1.165, 1.54) is 0 Å². The van der Waals surface area contributed by atoms with Crippen LogP contribution in [0.15, 0.2) is 16.8 Å². The molecule has 1 aromatic heterocycles. The molecule has 1 unspecified atom stereocenters. The largest absolute Gasteiger partial charge is 0.481 e. The number of carboxylic acid groups (broad SMARTS) is 1. The molecule has 0 saturated heterocycles. The molecule has 23 heavy (non-hydrogen) atoms. The number of thiophene rings is 1. The van der Waals surface area contributed by atoms with Gasteiger partial charge in [-0.1, -0.05) is 12.8 Å². The van der Waals surface area contributed by atoms with Crippen LogP contribution in [-0.2, 0) is 16.0 Å². The number of ether oxygens (including phenoxy) is 1. The van der Waals surface area contributed by atoms with Crippen molar-refractivity contribution in [1.29, 1.82) is 0 Å². The number of amides is 1. The van der Waals surface area contributed by atoms with Crippen molar-refractivity contribution >= 4 is 23.4 Å². The lowest BCUT2D eigenvalue weighted by Crippen LogP contribution is -2.46. The van der Waals surface area contributed by atoms with E-state index in [1.54, 1.807) is 32.1 Å². The van der Waals surface area contributed by atoms with Crippen LogP contribution in [0.1, 0.15) is 45.6 Å². The summed E-state index contributed by atoms with van der Waals surface area (Å²) in [6.07, 6.45) is 2.60. The summed E-state index contributed by atoms with van der Waals surface area (Å²) in [7, 11) is 0.